The molecule has 116 valence electrons. The van der Waals surface area contributed by atoms with Crippen LogP contribution >= 0.6 is 0 Å². The lowest BCUT2D eigenvalue weighted by molar-refractivity contribution is -0.147. The van der Waals surface area contributed by atoms with Crippen molar-refractivity contribution in [3.05, 3.63) is 23.5 Å². The van der Waals surface area contributed by atoms with Crippen molar-refractivity contribution in [2.75, 3.05) is 19.8 Å². The molecule has 6 nitrogen and oxygen atoms in total. The summed E-state index contributed by atoms with van der Waals surface area (Å²) in [7, 11) is 0. The highest BCUT2D eigenvalue weighted by atomic mass is 16.5. The Morgan fingerprint density at radius 3 is 2.71 bits per heavy atom. The molecule has 6 heteroatoms. The largest absolute Gasteiger partial charge is 0.464 e. The normalized spacial score (nSPS) is 17.2. The van der Waals surface area contributed by atoms with Crippen molar-refractivity contribution in [1.82, 2.24) is 10.3 Å². The second-order valence-corrected chi connectivity index (χ2v) is 5.21. The highest BCUT2D eigenvalue weighted by Gasteiger charge is 2.32. The fourth-order valence-electron chi connectivity index (χ4n) is 2.56. The van der Waals surface area contributed by atoms with Gasteiger partial charge in [0.15, 0.2) is 0 Å². The second kappa shape index (κ2) is 7.26. The monoisotopic (exact) mass is 294 g/mol. The number of aromatic amines is 1. The van der Waals surface area contributed by atoms with Gasteiger partial charge in [-0.2, -0.15) is 0 Å². The molecule has 1 fully saturated rings. The minimum absolute atomic E-state index is 0.0565. The maximum absolute atomic E-state index is 12.3. The van der Waals surface area contributed by atoms with Gasteiger partial charge in [0, 0.05) is 25.6 Å². The fraction of sp³-hybridized carbons (Fsp3) is 0.600. The van der Waals surface area contributed by atoms with E-state index in [4.69, 9.17) is 9.47 Å². The average molecular weight is 294 g/mol. The van der Waals surface area contributed by atoms with Crippen LogP contribution in [0.2, 0.25) is 0 Å². The molecule has 0 unspecified atom stereocenters. The van der Waals surface area contributed by atoms with Crippen LogP contribution in [0.1, 0.15) is 35.7 Å². The molecule has 1 aromatic rings. The Kier molecular flexibility index (Phi) is 5.38. The van der Waals surface area contributed by atoms with Gasteiger partial charge in [0.25, 0.3) is 5.91 Å². The molecule has 2 rings (SSSR count). The number of aromatic nitrogens is 1. The van der Waals surface area contributed by atoms with Crippen LogP contribution < -0.4 is 5.32 Å². The van der Waals surface area contributed by atoms with Gasteiger partial charge in [-0.25, -0.2) is 4.79 Å². The number of aryl methyl sites for hydroxylation is 1. The summed E-state index contributed by atoms with van der Waals surface area (Å²) in [5, 5.41) is 2.83. The number of nitrogens with one attached hydrogen (secondary N) is 2. The van der Waals surface area contributed by atoms with Crippen molar-refractivity contribution < 1.29 is 19.1 Å². The molecular formula is C15H22N2O4. The molecule has 2 N–H and O–H groups in total. The molecule has 0 radical (unpaired) electrons. The Labute approximate surface area is 124 Å². The van der Waals surface area contributed by atoms with Crippen LogP contribution in [0.15, 0.2) is 12.4 Å². The highest BCUT2D eigenvalue weighted by Crippen LogP contribution is 2.20. The summed E-state index contributed by atoms with van der Waals surface area (Å²) in [6.45, 7) is 5.13. The predicted octanol–water partition coefficient (Wildman–Crippen LogP) is 1.41. The van der Waals surface area contributed by atoms with E-state index in [0.29, 0.717) is 25.4 Å². The number of hydrogen-bond acceptors (Lipinski definition) is 4. The Morgan fingerprint density at radius 1 is 1.43 bits per heavy atom. The molecule has 1 aliphatic heterocycles. The van der Waals surface area contributed by atoms with Gasteiger partial charge < -0.3 is 19.8 Å². The lowest BCUT2D eigenvalue weighted by Gasteiger charge is -2.29. The molecule has 0 spiro atoms. The molecule has 1 saturated heterocycles. The Balaban J connectivity index is 2.09. The summed E-state index contributed by atoms with van der Waals surface area (Å²) >= 11 is 0. The van der Waals surface area contributed by atoms with Gasteiger partial charge in [0.2, 0.25) is 0 Å². The third-order valence-corrected chi connectivity index (χ3v) is 3.76. The molecular weight excluding hydrogens is 272 g/mol. The number of carbonyl (C=O) groups excluding carboxylic acids is 2. The third kappa shape index (κ3) is 3.85. The first kappa shape index (κ1) is 15.6. The number of rotatable bonds is 5. The van der Waals surface area contributed by atoms with E-state index in [1.54, 1.807) is 19.3 Å². The van der Waals surface area contributed by atoms with Crippen LogP contribution in [0.3, 0.4) is 0 Å². The SMILES string of the molecule is CCOC(=O)[C@@H](NC(=O)c1c[nH]cc1C)C1CCOCC1. The lowest BCUT2D eigenvalue weighted by atomic mass is 9.91. The molecule has 2 heterocycles. The van der Waals surface area contributed by atoms with Crippen LogP contribution in [0, 0.1) is 12.8 Å². The highest BCUT2D eigenvalue weighted by molar-refractivity contribution is 5.97. The number of esters is 1. The van der Waals surface area contributed by atoms with Crippen molar-refractivity contribution >= 4 is 11.9 Å². The van der Waals surface area contributed by atoms with Gasteiger partial charge in [-0.05, 0) is 38.2 Å². The van der Waals surface area contributed by atoms with E-state index in [9.17, 15) is 9.59 Å². The van der Waals surface area contributed by atoms with E-state index in [2.05, 4.69) is 10.3 Å². The first-order valence-electron chi connectivity index (χ1n) is 7.32. The minimum Gasteiger partial charge on any atom is -0.464 e. The van der Waals surface area contributed by atoms with Crippen molar-refractivity contribution in [1.29, 1.82) is 0 Å². The van der Waals surface area contributed by atoms with E-state index in [-0.39, 0.29) is 17.8 Å². The zero-order valence-corrected chi connectivity index (χ0v) is 12.5. The van der Waals surface area contributed by atoms with Crippen LogP contribution in [-0.4, -0.2) is 42.7 Å². The zero-order chi connectivity index (χ0) is 15.2. The zero-order valence-electron chi connectivity index (χ0n) is 12.5. The molecule has 0 saturated carbocycles. The summed E-state index contributed by atoms with van der Waals surface area (Å²) < 4.78 is 10.4. The number of carbonyl (C=O) groups is 2. The summed E-state index contributed by atoms with van der Waals surface area (Å²) in [5.41, 5.74) is 1.40. The van der Waals surface area contributed by atoms with Crippen molar-refractivity contribution in [2.45, 2.75) is 32.7 Å². The third-order valence-electron chi connectivity index (χ3n) is 3.76. The van der Waals surface area contributed by atoms with Gasteiger partial charge in [0.05, 0.1) is 12.2 Å². The van der Waals surface area contributed by atoms with Gasteiger partial charge in [-0.1, -0.05) is 0 Å². The number of amides is 1. The van der Waals surface area contributed by atoms with Gasteiger partial charge in [0.1, 0.15) is 6.04 Å². The standard InChI is InChI=1S/C15H22N2O4/c1-3-21-15(19)13(11-4-6-20-7-5-11)17-14(18)12-9-16-8-10(12)2/h8-9,11,13,16H,3-7H2,1-2H3,(H,17,18)/t13-/m0/s1. The van der Waals surface area contributed by atoms with E-state index >= 15 is 0 Å². The predicted molar refractivity (Wildman–Crippen MR) is 77.0 cm³/mol. The minimum atomic E-state index is -0.615. The van der Waals surface area contributed by atoms with Crippen LogP contribution in [0.4, 0.5) is 0 Å². The number of H-pyrrole nitrogens is 1. The van der Waals surface area contributed by atoms with Crippen LogP contribution in [-0.2, 0) is 14.3 Å². The summed E-state index contributed by atoms with van der Waals surface area (Å²) in [6.07, 6.45) is 4.88. The van der Waals surface area contributed by atoms with Crippen molar-refractivity contribution in [3.63, 3.8) is 0 Å². The quantitative estimate of drug-likeness (QED) is 0.805. The fourth-order valence-corrected chi connectivity index (χ4v) is 2.56. The Morgan fingerprint density at radius 2 is 2.14 bits per heavy atom. The summed E-state index contributed by atoms with van der Waals surface area (Å²) in [4.78, 5) is 27.4. The first-order valence-corrected chi connectivity index (χ1v) is 7.32. The molecule has 0 aromatic carbocycles. The van der Waals surface area contributed by atoms with Crippen LogP contribution in [0.25, 0.3) is 0 Å². The smallest absolute Gasteiger partial charge is 0.328 e. The molecule has 1 aliphatic rings. The van der Waals surface area contributed by atoms with E-state index in [1.165, 1.54) is 0 Å². The molecule has 0 bridgehead atoms. The average Bonchev–Trinajstić information content (AvgIpc) is 2.92. The second-order valence-electron chi connectivity index (χ2n) is 5.21. The van der Waals surface area contributed by atoms with E-state index in [1.807, 2.05) is 6.92 Å². The van der Waals surface area contributed by atoms with Crippen molar-refractivity contribution in [3.8, 4) is 0 Å². The van der Waals surface area contributed by atoms with Gasteiger partial charge in [-0.15, -0.1) is 0 Å². The maximum atomic E-state index is 12.3. The molecule has 1 atom stereocenters. The van der Waals surface area contributed by atoms with Crippen molar-refractivity contribution in [2.24, 2.45) is 5.92 Å². The molecule has 1 amide bonds. The van der Waals surface area contributed by atoms with Gasteiger partial charge in [-0.3, -0.25) is 4.79 Å². The maximum Gasteiger partial charge on any atom is 0.328 e. The Hall–Kier alpha value is -1.82. The molecule has 21 heavy (non-hydrogen) atoms. The summed E-state index contributed by atoms with van der Waals surface area (Å²) in [5.74, 6) is -0.565. The first-order chi connectivity index (χ1) is 10.1. The number of hydrogen-bond donors (Lipinski definition) is 2. The van der Waals surface area contributed by atoms with E-state index in [0.717, 1.165) is 18.4 Å². The number of ether oxygens (including phenoxy) is 2. The topological polar surface area (TPSA) is 80.4 Å². The van der Waals surface area contributed by atoms with Crippen LogP contribution in [0.5, 0.6) is 0 Å². The summed E-state index contributed by atoms with van der Waals surface area (Å²) in [6, 6.07) is -0.615. The molecule has 0 aliphatic carbocycles. The Bertz CT molecular complexity index is 492. The van der Waals surface area contributed by atoms with E-state index < -0.39 is 6.04 Å². The lowest BCUT2D eigenvalue weighted by Crippen LogP contribution is -2.48. The van der Waals surface area contributed by atoms with Gasteiger partial charge >= 0.3 is 5.97 Å². The molecule has 1 aromatic heterocycles.